The molecule has 10 N–H and O–H groups in total. The Labute approximate surface area is 668 Å². The number of benzene rings is 9. The molecule has 0 radical (unpaired) electrons. The van der Waals surface area contributed by atoms with Gasteiger partial charge in [0.25, 0.3) is 23.6 Å². The SMILES string of the molecule is Cc1c(F)cc2c(c1C#CC(=O)O)-c1ccc(F)cc1C21NC(=O)NC1=O.Cc1cc(CC(=O)NS(=O)(=O)C2CC2)c2c(c1)C1(NC(=O)NC1=O)c1cc(F)ccc1-2.Cc1ccccc1[C@H](C)Oc1cc2c(cc1F)C1(NC(=O)NC1=O)c1cc(F)ccc1-2.Cn1nnc(CCOc2cc3c(cc2F)C2(NC(=O)NC2=O)c2cc(F)ccc2-3)n1. The molecule has 119 heavy (non-hydrogen) atoms. The topological polar surface area (TPSA) is 395 Å². The second-order valence-electron chi connectivity index (χ2n) is 29.1. The van der Waals surface area contributed by atoms with Crippen molar-refractivity contribution in [1.29, 1.82) is 0 Å². The fraction of sp³-hybridized carbons (Fsp3) is 0.193. The highest BCUT2D eigenvalue weighted by molar-refractivity contribution is 7.90. The fourth-order valence-electron chi connectivity index (χ4n) is 16.5. The van der Waals surface area contributed by atoms with Crippen molar-refractivity contribution < 1.29 is 102 Å². The molecule has 4 saturated heterocycles. The summed E-state index contributed by atoms with van der Waals surface area (Å²) < 4.78 is 139. The van der Waals surface area contributed by atoms with Gasteiger partial charge in [-0.05, 0) is 180 Å². The van der Waals surface area contributed by atoms with Gasteiger partial charge in [0.1, 0.15) is 35.2 Å². The molecule has 10 aromatic rings. The van der Waals surface area contributed by atoms with Crippen LogP contribution in [0.25, 0.3) is 44.5 Å². The number of amides is 13. The number of ether oxygens (including phenoxy) is 2. The number of imide groups is 4. The lowest BCUT2D eigenvalue weighted by molar-refractivity contribution is -0.130. The molecule has 9 aliphatic rings. The normalized spacial score (nSPS) is 19.8. The van der Waals surface area contributed by atoms with Gasteiger partial charge in [0.05, 0.1) is 25.3 Å². The van der Waals surface area contributed by atoms with Crippen LogP contribution in [-0.2, 0) is 80.8 Å². The number of aryl methyl sites for hydroxylation is 3. The van der Waals surface area contributed by atoms with E-state index in [9.17, 15) is 82.7 Å². The summed E-state index contributed by atoms with van der Waals surface area (Å²) in [6, 6.07) is 29.9. The van der Waals surface area contributed by atoms with E-state index in [1.807, 2.05) is 44.0 Å². The van der Waals surface area contributed by atoms with E-state index >= 15 is 4.39 Å². The van der Waals surface area contributed by atoms with Gasteiger partial charge in [0.2, 0.25) is 15.9 Å². The van der Waals surface area contributed by atoms with Gasteiger partial charge >= 0.3 is 30.1 Å². The van der Waals surface area contributed by atoms with E-state index in [2.05, 4.69) is 68.6 Å². The zero-order chi connectivity index (χ0) is 84.6. The molecule has 5 atom stereocenters. The Morgan fingerprint density at radius 2 is 0.992 bits per heavy atom. The Kier molecular flexibility index (Phi) is 18.9. The number of aliphatic carboxylic acids is 1. The van der Waals surface area contributed by atoms with Gasteiger partial charge in [-0.2, -0.15) is 4.80 Å². The lowest BCUT2D eigenvalue weighted by atomic mass is 9.86. The summed E-state index contributed by atoms with van der Waals surface area (Å²) in [5.74, 6) is -4.63. The molecule has 1 saturated carbocycles. The number of fused-ring (bicyclic) bond motifs is 20. The maximum Gasteiger partial charge on any atom is 0.382 e. The van der Waals surface area contributed by atoms with Gasteiger partial charge in [0.15, 0.2) is 51.1 Å². The summed E-state index contributed by atoms with van der Waals surface area (Å²) in [7, 11) is -2.07. The summed E-state index contributed by atoms with van der Waals surface area (Å²) in [4.78, 5) is 123. The molecule has 4 aliphatic heterocycles. The first kappa shape index (κ1) is 78.3. The molecule has 602 valence electrons. The fourth-order valence-corrected chi connectivity index (χ4v) is 17.8. The average molecular weight is 1640 g/mol. The maximum atomic E-state index is 15.1. The molecule has 5 heterocycles. The second-order valence-corrected chi connectivity index (χ2v) is 31.0. The van der Waals surface area contributed by atoms with Gasteiger partial charge in [-0.25, -0.2) is 63.1 Å². The Bertz CT molecular complexity index is 6490. The molecule has 19 rings (SSSR count). The third-order valence-corrected chi connectivity index (χ3v) is 23.6. The molecular weight excluding hydrogens is 1580 g/mol. The Morgan fingerprint density at radius 3 is 1.45 bits per heavy atom. The van der Waals surface area contributed by atoms with Crippen molar-refractivity contribution >= 4 is 69.7 Å². The van der Waals surface area contributed by atoms with Gasteiger partial charge in [-0.1, -0.05) is 72.1 Å². The van der Waals surface area contributed by atoms with Gasteiger partial charge < -0.3 is 35.8 Å². The van der Waals surface area contributed by atoms with Crippen LogP contribution in [0.3, 0.4) is 0 Å². The van der Waals surface area contributed by atoms with Crippen LogP contribution in [0, 0.1) is 73.3 Å². The number of nitrogens with zero attached hydrogens (tertiary/aromatic N) is 4. The Hall–Kier alpha value is -14.6. The summed E-state index contributed by atoms with van der Waals surface area (Å²) >= 11 is 0. The van der Waals surface area contributed by atoms with Crippen molar-refractivity contribution in [3.05, 3.63) is 264 Å². The number of carboxylic acids is 1. The Balaban J connectivity index is 0.000000119. The smallest absolute Gasteiger partial charge is 0.382 e. The van der Waals surface area contributed by atoms with Crippen LogP contribution in [0.5, 0.6) is 11.5 Å². The maximum absolute atomic E-state index is 15.1. The van der Waals surface area contributed by atoms with Gasteiger partial charge in [-0.15, -0.1) is 10.2 Å². The number of rotatable bonds is 11. The summed E-state index contributed by atoms with van der Waals surface area (Å²) in [6.45, 7) is 7.05. The number of carboxylic acid groups (broad SMARTS) is 1. The van der Waals surface area contributed by atoms with E-state index in [1.54, 1.807) is 26.1 Å². The van der Waals surface area contributed by atoms with E-state index < -0.39 is 144 Å². The first-order chi connectivity index (χ1) is 56.6. The van der Waals surface area contributed by atoms with E-state index in [4.69, 9.17) is 14.6 Å². The molecule has 4 unspecified atom stereocenters. The molecule has 9 aromatic carbocycles. The molecule has 36 heteroatoms. The lowest BCUT2D eigenvalue weighted by Gasteiger charge is -2.24. The lowest BCUT2D eigenvalue weighted by Crippen LogP contribution is -2.43. The third kappa shape index (κ3) is 13.0. The number of hydrogen-bond acceptors (Lipinski definition) is 17. The summed E-state index contributed by atoms with van der Waals surface area (Å²) in [6.07, 6.45) is 0.691. The number of hydrogen-bond donors (Lipinski definition) is 10. The summed E-state index contributed by atoms with van der Waals surface area (Å²) in [5.41, 5.74) is 1.99. The highest BCUT2D eigenvalue weighted by Crippen LogP contribution is 2.56. The first-order valence-electron chi connectivity index (χ1n) is 36.4. The highest BCUT2D eigenvalue weighted by atomic mass is 32.2. The number of carbonyl (C=O) groups is 10. The number of sulfonamides is 1. The van der Waals surface area contributed by atoms with Crippen molar-refractivity contribution in [2.75, 3.05) is 6.61 Å². The molecule has 1 aromatic heterocycles. The third-order valence-electron chi connectivity index (χ3n) is 21.7. The summed E-state index contributed by atoms with van der Waals surface area (Å²) in [5, 5.41) is 38.7. The number of nitrogens with one attached hydrogen (secondary N) is 9. The van der Waals surface area contributed by atoms with Crippen LogP contribution < -0.4 is 56.7 Å². The minimum atomic E-state index is -3.71. The van der Waals surface area contributed by atoms with Crippen molar-refractivity contribution in [2.45, 2.75) is 86.9 Å². The predicted molar refractivity (Wildman–Crippen MR) is 403 cm³/mol. The van der Waals surface area contributed by atoms with E-state index in [1.165, 1.54) is 90.6 Å². The van der Waals surface area contributed by atoms with Crippen molar-refractivity contribution in [3.63, 3.8) is 0 Å². The van der Waals surface area contributed by atoms with Crippen LogP contribution in [0.15, 0.2) is 140 Å². The zero-order valence-electron chi connectivity index (χ0n) is 62.5. The van der Waals surface area contributed by atoms with Crippen LogP contribution in [-0.4, -0.2) is 105 Å². The zero-order valence-corrected chi connectivity index (χ0v) is 63.3. The molecule has 4 spiro atoms. The minimum Gasteiger partial charge on any atom is -0.490 e. The standard InChI is InChI=1S/C24H18F2N2O3.C21H18FN3O5S.C19H14F2N6O3.C19H10F2N2O4/c1-12-5-3-4-6-15(12)13(2)31-21-10-17-16-8-7-14(25)9-18(16)24(19(17)11-20(21)26)22(29)27-23(30)28-24;1-10-6-11(8-17(26)25-31(29,30)13-3-4-13)18-14-5-2-12(22)9-15(14)21(16(18)7-10)19(27)23-20(28)24-21;1-27-25-16(24-26-27)4-5-30-15-7-11-10-3-2-9(20)6-12(10)19(13(11)8-14(15)21)17(28)22-18(29)23-19;1-8-10(4-5-15(24)25)16-11-3-2-9(20)6-12(11)19(13(16)7-14(8)21)17(26)22-18(27)23-19/h3-11,13H,1-2H3,(H2,27,28,29,30);2,5-7,9,13H,3-4,8H2,1H3,(H,25,26)(H2,23,24,27,28);2-3,6-8H,4-5H2,1H3,(H2,22,23,28,29);2-3,6-7H,1H3,(H,24,25)(H2,22,23,26,27)/t13-,24?;;;/m0.../s1. The number of urea groups is 4. The second kappa shape index (κ2) is 28.7. The molecular formula is C83H60F7N13O15S. The molecule has 5 aliphatic carbocycles. The van der Waals surface area contributed by atoms with E-state index in [0.29, 0.717) is 80.7 Å². The van der Waals surface area contributed by atoms with Crippen molar-refractivity contribution in [3.8, 4) is 67.8 Å². The molecule has 5 fully saturated rings. The van der Waals surface area contributed by atoms with Crippen LogP contribution >= 0.6 is 0 Å². The highest BCUT2D eigenvalue weighted by Gasteiger charge is 2.60. The van der Waals surface area contributed by atoms with Crippen LogP contribution in [0.1, 0.15) is 110 Å². The van der Waals surface area contributed by atoms with E-state index in [-0.39, 0.29) is 80.2 Å². The monoisotopic (exact) mass is 1640 g/mol. The van der Waals surface area contributed by atoms with Gasteiger partial charge in [0, 0.05) is 73.5 Å². The quantitative estimate of drug-likeness (QED) is 0.0328. The largest absolute Gasteiger partial charge is 0.490 e. The van der Waals surface area contributed by atoms with Gasteiger partial charge in [-0.3, -0.25) is 50.0 Å². The number of tetrazole rings is 1. The average Bonchev–Trinajstić information content (AvgIpc) is 1.55. The van der Waals surface area contributed by atoms with Crippen molar-refractivity contribution in [2.24, 2.45) is 7.05 Å². The van der Waals surface area contributed by atoms with Crippen LogP contribution in [0.2, 0.25) is 0 Å². The minimum absolute atomic E-state index is 0.00607. The molecule has 13 amide bonds. The predicted octanol–water partition coefficient (Wildman–Crippen LogP) is 8.77. The number of carbonyl (C=O) groups excluding carboxylic acids is 9. The van der Waals surface area contributed by atoms with E-state index in [0.717, 1.165) is 35.4 Å². The van der Waals surface area contributed by atoms with Crippen molar-refractivity contribution in [1.82, 2.24) is 67.5 Å². The molecule has 28 nitrogen and oxygen atoms in total. The molecule has 0 bridgehead atoms. The van der Waals surface area contributed by atoms with Crippen LogP contribution in [0.4, 0.5) is 49.9 Å². The first-order valence-corrected chi connectivity index (χ1v) is 37.9. The number of aromatic nitrogens is 4. The Morgan fingerprint density at radius 1 is 0.555 bits per heavy atom. The number of halogens is 7.